The van der Waals surface area contributed by atoms with E-state index in [4.69, 9.17) is 0 Å². The molecule has 1 aliphatic carbocycles. The third-order valence-electron chi connectivity index (χ3n) is 1.53. The Morgan fingerprint density at radius 2 is 1.75 bits per heavy atom. The Kier molecular flexibility index (Phi) is 1.03. The molecule has 0 heterocycles. The van der Waals surface area contributed by atoms with Gasteiger partial charge in [0.25, 0.3) is 0 Å². The van der Waals surface area contributed by atoms with Crippen LogP contribution in [0.15, 0.2) is 0 Å². The zero-order valence-corrected chi connectivity index (χ0v) is 4.50. The van der Waals surface area contributed by atoms with Gasteiger partial charge in [-0.2, -0.15) is 13.2 Å². The molecule has 0 N–H and O–H groups in total. The number of hydrogen-bond donors (Lipinski definition) is 0. The standard InChI is InChI=1S/C5H7F3/c1-3-2-4(3)5(6,7)8/h3-4H,2H2,1H3. The van der Waals surface area contributed by atoms with Crippen molar-refractivity contribution in [2.45, 2.75) is 19.5 Å². The van der Waals surface area contributed by atoms with E-state index in [2.05, 4.69) is 0 Å². The van der Waals surface area contributed by atoms with Crippen LogP contribution in [0.1, 0.15) is 13.3 Å². The molecule has 8 heavy (non-hydrogen) atoms. The monoisotopic (exact) mass is 124 g/mol. The molecule has 0 aromatic rings. The van der Waals surface area contributed by atoms with Gasteiger partial charge in [0.2, 0.25) is 0 Å². The number of hydrogen-bond acceptors (Lipinski definition) is 0. The molecule has 1 rings (SSSR count). The second-order valence-electron chi connectivity index (χ2n) is 2.36. The molecule has 0 aliphatic heterocycles. The quantitative estimate of drug-likeness (QED) is 0.464. The molecule has 1 fully saturated rings. The van der Waals surface area contributed by atoms with E-state index in [0.29, 0.717) is 6.42 Å². The first-order valence-corrected chi connectivity index (χ1v) is 2.58. The summed E-state index contributed by atoms with van der Waals surface area (Å²) in [6, 6.07) is 0. The van der Waals surface area contributed by atoms with E-state index in [9.17, 15) is 13.2 Å². The summed E-state index contributed by atoms with van der Waals surface area (Å²) in [4.78, 5) is 0. The van der Waals surface area contributed by atoms with Crippen LogP contribution in [0.25, 0.3) is 0 Å². The van der Waals surface area contributed by atoms with E-state index in [1.165, 1.54) is 0 Å². The molecule has 0 spiro atoms. The highest BCUT2D eigenvalue weighted by molar-refractivity contribution is 4.87. The van der Waals surface area contributed by atoms with Crippen molar-refractivity contribution in [2.75, 3.05) is 0 Å². The van der Waals surface area contributed by atoms with Gasteiger partial charge in [-0.15, -0.1) is 0 Å². The van der Waals surface area contributed by atoms with Gasteiger partial charge in [0.05, 0.1) is 5.92 Å². The zero-order chi connectivity index (χ0) is 6.36. The van der Waals surface area contributed by atoms with Crippen LogP contribution >= 0.6 is 0 Å². The molecule has 0 nitrogen and oxygen atoms in total. The molecule has 48 valence electrons. The SMILES string of the molecule is CC1CC1C(F)(F)F. The summed E-state index contributed by atoms with van der Waals surface area (Å²) in [6.07, 6.45) is -3.58. The van der Waals surface area contributed by atoms with Crippen LogP contribution in [-0.4, -0.2) is 6.18 Å². The second-order valence-corrected chi connectivity index (χ2v) is 2.36. The largest absolute Gasteiger partial charge is 0.392 e. The van der Waals surface area contributed by atoms with Crippen molar-refractivity contribution in [2.24, 2.45) is 11.8 Å². The molecule has 2 atom stereocenters. The van der Waals surface area contributed by atoms with E-state index in [1.807, 2.05) is 0 Å². The molecule has 1 aliphatic rings. The molecule has 0 aromatic carbocycles. The Morgan fingerprint density at radius 3 is 1.75 bits per heavy atom. The fourth-order valence-electron chi connectivity index (χ4n) is 0.778. The van der Waals surface area contributed by atoms with Crippen molar-refractivity contribution < 1.29 is 13.2 Å². The summed E-state index contributed by atoms with van der Waals surface area (Å²) in [6.45, 7) is 1.62. The maximum absolute atomic E-state index is 11.5. The Hall–Kier alpha value is -0.210. The minimum Gasteiger partial charge on any atom is -0.171 e. The van der Waals surface area contributed by atoms with Crippen LogP contribution < -0.4 is 0 Å². The van der Waals surface area contributed by atoms with Crippen molar-refractivity contribution in [1.29, 1.82) is 0 Å². The van der Waals surface area contributed by atoms with E-state index in [1.54, 1.807) is 6.92 Å². The Bertz CT molecular complexity index is 94.3. The molecule has 0 bridgehead atoms. The number of rotatable bonds is 0. The van der Waals surface area contributed by atoms with Crippen LogP contribution in [0, 0.1) is 11.8 Å². The highest BCUT2D eigenvalue weighted by Crippen LogP contribution is 2.49. The van der Waals surface area contributed by atoms with Gasteiger partial charge in [0.1, 0.15) is 0 Å². The lowest BCUT2D eigenvalue weighted by atomic mass is 10.3. The topological polar surface area (TPSA) is 0 Å². The first-order chi connectivity index (χ1) is 3.52. The Labute approximate surface area is 45.7 Å². The molecule has 0 aromatic heterocycles. The summed E-state index contributed by atoms with van der Waals surface area (Å²) >= 11 is 0. The smallest absolute Gasteiger partial charge is 0.171 e. The van der Waals surface area contributed by atoms with Crippen LogP contribution in [-0.2, 0) is 0 Å². The van der Waals surface area contributed by atoms with E-state index < -0.39 is 12.1 Å². The van der Waals surface area contributed by atoms with Gasteiger partial charge in [-0.05, 0) is 12.3 Å². The highest BCUT2D eigenvalue weighted by Gasteiger charge is 2.52. The molecule has 2 unspecified atom stereocenters. The van der Waals surface area contributed by atoms with Gasteiger partial charge in [0, 0.05) is 0 Å². The predicted molar refractivity (Wildman–Crippen MR) is 23.3 cm³/mol. The second kappa shape index (κ2) is 1.39. The fourth-order valence-corrected chi connectivity index (χ4v) is 0.778. The van der Waals surface area contributed by atoms with Gasteiger partial charge in [-0.25, -0.2) is 0 Å². The van der Waals surface area contributed by atoms with Crippen LogP contribution in [0.2, 0.25) is 0 Å². The molecule has 0 radical (unpaired) electrons. The van der Waals surface area contributed by atoms with E-state index >= 15 is 0 Å². The molecule has 3 heteroatoms. The Balaban J connectivity index is 2.39. The predicted octanol–water partition coefficient (Wildman–Crippen LogP) is 2.20. The van der Waals surface area contributed by atoms with Crippen LogP contribution in [0.3, 0.4) is 0 Å². The average molecular weight is 124 g/mol. The Morgan fingerprint density at radius 1 is 1.38 bits per heavy atom. The zero-order valence-electron chi connectivity index (χ0n) is 4.50. The lowest BCUT2D eigenvalue weighted by Gasteiger charge is -2.01. The number of halogens is 3. The van der Waals surface area contributed by atoms with E-state index in [0.717, 1.165) is 0 Å². The number of alkyl halides is 3. The summed E-state index contributed by atoms with van der Waals surface area (Å²) in [5.41, 5.74) is 0. The van der Waals surface area contributed by atoms with Crippen molar-refractivity contribution in [1.82, 2.24) is 0 Å². The average Bonchev–Trinajstić information content (AvgIpc) is 2.13. The van der Waals surface area contributed by atoms with Crippen molar-refractivity contribution in [3.63, 3.8) is 0 Å². The normalized spacial score (nSPS) is 37.5. The van der Waals surface area contributed by atoms with Crippen molar-refractivity contribution in [3.8, 4) is 0 Å². The highest BCUT2D eigenvalue weighted by atomic mass is 19.4. The maximum atomic E-state index is 11.5. The summed E-state index contributed by atoms with van der Waals surface area (Å²) in [7, 11) is 0. The summed E-state index contributed by atoms with van der Waals surface area (Å²) in [5.74, 6) is -1.10. The van der Waals surface area contributed by atoms with Gasteiger partial charge < -0.3 is 0 Å². The third kappa shape index (κ3) is 0.956. The van der Waals surface area contributed by atoms with Gasteiger partial charge in [-0.1, -0.05) is 6.92 Å². The molecule has 0 saturated heterocycles. The van der Waals surface area contributed by atoms with Gasteiger partial charge >= 0.3 is 6.18 Å². The maximum Gasteiger partial charge on any atom is 0.392 e. The van der Waals surface area contributed by atoms with Crippen molar-refractivity contribution in [3.05, 3.63) is 0 Å². The van der Waals surface area contributed by atoms with Gasteiger partial charge in [-0.3, -0.25) is 0 Å². The lowest BCUT2D eigenvalue weighted by molar-refractivity contribution is -0.150. The van der Waals surface area contributed by atoms with Crippen LogP contribution in [0.5, 0.6) is 0 Å². The van der Waals surface area contributed by atoms with Gasteiger partial charge in [0.15, 0.2) is 0 Å². The van der Waals surface area contributed by atoms with Crippen LogP contribution in [0.4, 0.5) is 13.2 Å². The third-order valence-corrected chi connectivity index (χ3v) is 1.53. The summed E-state index contributed by atoms with van der Waals surface area (Å²) in [5, 5.41) is 0. The lowest BCUT2D eigenvalue weighted by Crippen LogP contribution is -2.10. The molecule has 0 amide bonds. The molecular formula is C5H7F3. The molecular weight excluding hydrogens is 117 g/mol. The summed E-state index contributed by atoms with van der Waals surface area (Å²) < 4.78 is 34.5. The first-order valence-electron chi connectivity index (χ1n) is 2.58. The van der Waals surface area contributed by atoms with Crippen molar-refractivity contribution >= 4 is 0 Å². The fraction of sp³-hybridized carbons (Fsp3) is 1.00. The minimum atomic E-state index is -3.92. The minimum absolute atomic E-state index is 0.116. The van der Waals surface area contributed by atoms with E-state index in [-0.39, 0.29) is 5.92 Å². The molecule has 1 saturated carbocycles. The first kappa shape index (κ1) is 5.92.